The lowest BCUT2D eigenvalue weighted by atomic mass is 10.0. The van der Waals surface area contributed by atoms with E-state index in [0.29, 0.717) is 12.5 Å². The van der Waals surface area contributed by atoms with Crippen molar-refractivity contribution < 1.29 is 9.59 Å². The summed E-state index contributed by atoms with van der Waals surface area (Å²) in [5.41, 5.74) is 2.39. The molecule has 4 nitrogen and oxygen atoms in total. The van der Waals surface area contributed by atoms with Gasteiger partial charge in [0.25, 0.3) is 0 Å². The quantitative estimate of drug-likeness (QED) is 0.902. The molecule has 3 rings (SSSR count). The average Bonchev–Trinajstić information content (AvgIpc) is 3.27. The Kier molecular flexibility index (Phi) is 3.47. The number of piperazine rings is 1. The zero-order valence-electron chi connectivity index (χ0n) is 11.8. The van der Waals surface area contributed by atoms with E-state index in [4.69, 9.17) is 0 Å². The number of rotatable bonds is 4. The van der Waals surface area contributed by atoms with Gasteiger partial charge in [0.05, 0.1) is 6.54 Å². The standard InChI is InChI=1S/C16H20N2O2/c1-2-11-5-3-4-6-13(11)9-18-10-14(19)17-15(16(18)20)12-7-8-12/h3-6,12,15H,2,7-10H2,1H3,(H,17,19). The van der Waals surface area contributed by atoms with E-state index in [1.165, 1.54) is 5.56 Å². The molecule has 1 atom stereocenters. The fourth-order valence-corrected chi connectivity index (χ4v) is 2.87. The lowest BCUT2D eigenvalue weighted by molar-refractivity contribution is -0.145. The van der Waals surface area contributed by atoms with Crippen LogP contribution in [0.25, 0.3) is 0 Å². The maximum atomic E-state index is 12.5. The van der Waals surface area contributed by atoms with Gasteiger partial charge >= 0.3 is 0 Å². The Labute approximate surface area is 119 Å². The summed E-state index contributed by atoms with van der Waals surface area (Å²) in [6.07, 6.45) is 3.04. The molecule has 2 amide bonds. The molecule has 1 aliphatic heterocycles. The van der Waals surface area contributed by atoms with E-state index in [-0.39, 0.29) is 24.4 Å². The number of nitrogens with one attached hydrogen (secondary N) is 1. The largest absolute Gasteiger partial charge is 0.342 e. The lowest BCUT2D eigenvalue weighted by Crippen LogP contribution is -2.58. The third kappa shape index (κ3) is 2.55. The molecule has 2 aliphatic rings. The third-order valence-corrected chi connectivity index (χ3v) is 4.18. The van der Waals surface area contributed by atoms with Crippen molar-refractivity contribution in [2.45, 2.75) is 38.8 Å². The Hall–Kier alpha value is -1.84. The molecule has 4 heteroatoms. The van der Waals surface area contributed by atoms with Crippen molar-refractivity contribution in [3.05, 3.63) is 35.4 Å². The Bertz CT molecular complexity index is 537. The molecule has 1 saturated heterocycles. The van der Waals surface area contributed by atoms with Crippen LogP contribution in [0.5, 0.6) is 0 Å². The van der Waals surface area contributed by atoms with Crippen LogP contribution in [-0.2, 0) is 22.6 Å². The molecule has 0 radical (unpaired) electrons. The van der Waals surface area contributed by atoms with Gasteiger partial charge in [-0.15, -0.1) is 0 Å². The van der Waals surface area contributed by atoms with Crippen LogP contribution in [0.4, 0.5) is 0 Å². The first-order valence-electron chi connectivity index (χ1n) is 7.34. The molecular weight excluding hydrogens is 252 g/mol. The minimum absolute atomic E-state index is 0.0320. The zero-order valence-corrected chi connectivity index (χ0v) is 11.8. The van der Waals surface area contributed by atoms with Gasteiger partial charge in [-0.2, -0.15) is 0 Å². The van der Waals surface area contributed by atoms with Gasteiger partial charge in [0.1, 0.15) is 6.04 Å². The fraction of sp³-hybridized carbons (Fsp3) is 0.500. The highest BCUT2D eigenvalue weighted by atomic mass is 16.2. The van der Waals surface area contributed by atoms with Crippen LogP contribution in [-0.4, -0.2) is 29.3 Å². The summed E-state index contributed by atoms with van der Waals surface area (Å²) in [6.45, 7) is 2.83. The van der Waals surface area contributed by atoms with Crippen LogP contribution < -0.4 is 5.32 Å². The average molecular weight is 272 g/mol. The fourth-order valence-electron chi connectivity index (χ4n) is 2.87. The van der Waals surface area contributed by atoms with E-state index in [1.807, 2.05) is 18.2 Å². The van der Waals surface area contributed by atoms with Crippen molar-refractivity contribution in [2.75, 3.05) is 6.54 Å². The highest BCUT2D eigenvalue weighted by molar-refractivity contribution is 5.95. The first-order chi connectivity index (χ1) is 9.69. The molecule has 106 valence electrons. The predicted octanol–water partition coefficient (Wildman–Crippen LogP) is 1.49. The molecule has 0 spiro atoms. The molecule has 1 heterocycles. The second-order valence-corrected chi connectivity index (χ2v) is 5.70. The molecule has 0 aromatic heterocycles. The minimum Gasteiger partial charge on any atom is -0.342 e. The van der Waals surface area contributed by atoms with Crippen LogP contribution in [0.2, 0.25) is 0 Å². The maximum absolute atomic E-state index is 12.5. The molecule has 1 aliphatic carbocycles. The van der Waals surface area contributed by atoms with Crippen molar-refractivity contribution in [3.8, 4) is 0 Å². The number of hydrogen-bond acceptors (Lipinski definition) is 2. The van der Waals surface area contributed by atoms with Crippen LogP contribution >= 0.6 is 0 Å². The summed E-state index contributed by atoms with van der Waals surface area (Å²) in [5, 5.41) is 2.84. The Morgan fingerprint density at radius 2 is 1.90 bits per heavy atom. The normalized spacial score (nSPS) is 22.9. The van der Waals surface area contributed by atoms with Gasteiger partial charge in [0.2, 0.25) is 11.8 Å². The van der Waals surface area contributed by atoms with E-state index < -0.39 is 0 Å². The number of aryl methyl sites for hydroxylation is 1. The van der Waals surface area contributed by atoms with Crippen molar-refractivity contribution in [3.63, 3.8) is 0 Å². The number of carbonyl (C=O) groups excluding carboxylic acids is 2. The van der Waals surface area contributed by atoms with Crippen LogP contribution in [0.1, 0.15) is 30.9 Å². The Morgan fingerprint density at radius 1 is 1.20 bits per heavy atom. The van der Waals surface area contributed by atoms with Crippen molar-refractivity contribution >= 4 is 11.8 Å². The predicted molar refractivity (Wildman–Crippen MR) is 75.9 cm³/mol. The number of amides is 2. The van der Waals surface area contributed by atoms with E-state index in [9.17, 15) is 9.59 Å². The van der Waals surface area contributed by atoms with Gasteiger partial charge in [-0.05, 0) is 36.3 Å². The Morgan fingerprint density at radius 3 is 2.55 bits per heavy atom. The molecular formula is C16H20N2O2. The number of benzene rings is 1. The van der Waals surface area contributed by atoms with Gasteiger partial charge in [-0.3, -0.25) is 9.59 Å². The van der Waals surface area contributed by atoms with Crippen molar-refractivity contribution in [1.82, 2.24) is 10.2 Å². The number of hydrogen-bond donors (Lipinski definition) is 1. The van der Waals surface area contributed by atoms with Gasteiger partial charge < -0.3 is 10.2 Å². The molecule has 1 unspecified atom stereocenters. The van der Waals surface area contributed by atoms with Crippen molar-refractivity contribution in [2.24, 2.45) is 5.92 Å². The first-order valence-corrected chi connectivity index (χ1v) is 7.34. The molecule has 1 N–H and O–H groups in total. The molecule has 0 bridgehead atoms. The second kappa shape index (κ2) is 5.27. The van der Waals surface area contributed by atoms with Gasteiger partial charge in [-0.1, -0.05) is 31.2 Å². The topological polar surface area (TPSA) is 49.4 Å². The second-order valence-electron chi connectivity index (χ2n) is 5.70. The highest BCUT2D eigenvalue weighted by Gasteiger charge is 2.42. The van der Waals surface area contributed by atoms with Crippen LogP contribution in [0, 0.1) is 5.92 Å². The Balaban J connectivity index is 1.78. The maximum Gasteiger partial charge on any atom is 0.246 e. The smallest absolute Gasteiger partial charge is 0.246 e. The van der Waals surface area contributed by atoms with E-state index in [0.717, 1.165) is 24.8 Å². The van der Waals surface area contributed by atoms with E-state index >= 15 is 0 Å². The van der Waals surface area contributed by atoms with Gasteiger partial charge in [-0.25, -0.2) is 0 Å². The summed E-state index contributed by atoms with van der Waals surface area (Å²) < 4.78 is 0. The molecule has 1 saturated carbocycles. The number of carbonyl (C=O) groups is 2. The molecule has 1 aromatic rings. The number of nitrogens with zero attached hydrogens (tertiary/aromatic N) is 1. The lowest BCUT2D eigenvalue weighted by Gasteiger charge is -2.33. The summed E-state index contributed by atoms with van der Waals surface area (Å²) in [5.74, 6) is 0.407. The van der Waals surface area contributed by atoms with Gasteiger partial charge in [0.15, 0.2) is 0 Å². The summed E-state index contributed by atoms with van der Waals surface area (Å²) in [7, 11) is 0. The monoisotopic (exact) mass is 272 g/mol. The highest BCUT2D eigenvalue weighted by Crippen LogP contribution is 2.34. The summed E-state index contributed by atoms with van der Waals surface area (Å²) in [6, 6.07) is 7.85. The van der Waals surface area contributed by atoms with Crippen LogP contribution in [0.15, 0.2) is 24.3 Å². The van der Waals surface area contributed by atoms with Crippen LogP contribution in [0.3, 0.4) is 0 Å². The van der Waals surface area contributed by atoms with Crippen molar-refractivity contribution in [1.29, 1.82) is 0 Å². The van der Waals surface area contributed by atoms with E-state index in [2.05, 4.69) is 18.3 Å². The first kappa shape index (κ1) is 13.2. The third-order valence-electron chi connectivity index (χ3n) is 4.18. The zero-order chi connectivity index (χ0) is 14.1. The summed E-state index contributed by atoms with van der Waals surface area (Å²) in [4.78, 5) is 26.0. The molecule has 2 fully saturated rings. The molecule has 20 heavy (non-hydrogen) atoms. The molecule has 1 aromatic carbocycles. The SMILES string of the molecule is CCc1ccccc1CN1CC(=O)NC(C2CC2)C1=O. The minimum atomic E-state index is -0.287. The summed E-state index contributed by atoms with van der Waals surface area (Å²) >= 11 is 0. The van der Waals surface area contributed by atoms with E-state index in [1.54, 1.807) is 4.90 Å². The van der Waals surface area contributed by atoms with Gasteiger partial charge in [0, 0.05) is 6.54 Å².